The number of hydrogen-bond acceptors (Lipinski definition) is 4. The minimum atomic E-state index is -0.394. The summed E-state index contributed by atoms with van der Waals surface area (Å²) in [6.07, 6.45) is 4.81. The first kappa shape index (κ1) is 11.2. The van der Waals surface area contributed by atoms with Crippen LogP contribution in [0.25, 0.3) is 11.0 Å². The molecule has 2 N–H and O–H groups in total. The van der Waals surface area contributed by atoms with Gasteiger partial charge in [0.15, 0.2) is 5.58 Å². The zero-order valence-electron chi connectivity index (χ0n) is 9.38. The number of benzene rings is 1. The maximum atomic E-state index is 6.11. The lowest BCUT2D eigenvalue weighted by Crippen LogP contribution is -2.11. The van der Waals surface area contributed by atoms with Gasteiger partial charge in [0.2, 0.25) is 0 Å². The zero-order chi connectivity index (χ0) is 12.5. The Hall–Kier alpha value is -1.91. The van der Waals surface area contributed by atoms with Crippen molar-refractivity contribution >= 4 is 22.6 Å². The minimum absolute atomic E-state index is 0.394. The van der Waals surface area contributed by atoms with Crippen LogP contribution in [0.15, 0.2) is 47.4 Å². The fraction of sp³-hybridized carbons (Fsp3) is 0.0769. The fourth-order valence-corrected chi connectivity index (χ4v) is 2.06. The molecule has 18 heavy (non-hydrogen) atoms. The highest BCUT2D eigenvalue weighted by atomic mass is 35.5. The summed E-state index contributed by atoms with van der Waals surface area (Å²) in [7, 11) is 0. The lowest BCUT2D eigenvalue weighted by atomic mass is 10.1. The first-order valence-electron chi connectivity index (χ1n) is 5.44. The Morgan fingerprint density at radius 2 is 2.00 bits per heavy atom. The average Bonchev–Trinajstić information content (AvgIpc) is 2.84. The molecule has 0 saturated carbocycles. The second-order valence-electron chi connectivity index (χ2n) is 3.96. The highest BCUT2D eigenvalue weighted by Gasteiger charge is 2.15. The SMILES string of the molecule is NC(c1cncnc1)c1cc2cccc(Cl)c2o1. The van der Waals surface area contributed by atoms with Crippen LogP contribution >= 0.6 is 11.6 Å². The number of rotatable bonds is 2. The average molecular weight is 260 g/mol. The summed E-state index contributed by atoms with van der Waals surface area (Å²) in [5.41, 5.74) is 7.57. The van der Waals surface area contributed by atoms with Crippen LogP contribution in [0.1, 0.15) is 17.4 Å². The molecule has 0 bridgehead atoms. The van der Waals surface area contributed by atoms with Crippen LogP contribution in [-0.4, -0.2) is 9.97 Å². The van der Waals surface area contributed by atoms with Gasteiger partial charge in [-0.05, 0) is 12.1 Å². The number of halogens is 1. The maximum absolute atomic E-state index is 6.11. The predicted molar refractivity (Wildman–Crippen MR) is 69.3 cm³/mol. The van der Waals surface area contributed by atoms with E-state index in [4.69, 9.17) is 21.8 Å². The van der Waals surface area contributed by atoms with E-state index in [-0.39, 0.29) is 0 Å². The second-order valence-corrected chi connectivity index (χ2v) is 4.36. The summed E-state index contributed by atoms with van der Waals surface area (Å²) >= 11 is 6.06. The molecule has 0 radical (unpaired) electrons. The van der Waals surface area contributed by atoms with Crippen LogP contribution in [0, 0.1) is 0 Å². The smallest absolute Gasteiger partial charge is 0.152 e. The molecule has 0 fully saturated rings. The summed E-state index contributed by atoms with van der Waals surface area (Å²) in [4.78, 5) is 7.89. The van der Waals surface area contributed by atoms with Crippen LogP contribution in [0.5, 0.6) is 0 Å². The van der Waals surface area contributed by atoms with E-state index in [0.29, 0.717) is 16.4 Å². The molecule has 5 heteroatoms. The van der Waals surface area contributed by atoms with Crippen molar-refractivity contribution in [3.8, 4) is 0 Å². The fourth-order valence-electron chi connectivity index (χ4n) is 1.84. The third-order valence-corrected chi connectivity index (χ3v) is 3.06. The lowest BCUT2D eigenvalue weighted by molar-refractivity contribution is 0.524. The topological polar surface area (TPSA) is 64.9 Å². The molecule has 0 amide bonds. The molecule has 3 rings (SSSR count). The minimum Gasteiger partial charge on any atom is -0.457 e. The number of nitrogens with zero attached hydrogens (tertiary/aromatic N) is 2. The van der Waals surface area contributed by atoms with Gasteiger partial charge in [-0.3, -0.25) is 0 Å². The number of hydrogen-bond donors (Lipinski definition) is 1. The van der Waals surface area contributed by atoms with Crippen LogP contribution in [0.2, 0.25) is 5.02 Å². The van der Waals surface area contributed by atoms with Gasteiger partial charge in [-0.15, -0.1) is 0 Å². The van der Waals surface area contributed by atoms with Gasteiger partial charge in [0.05, 0.1) is 11.1 Å². The van der Waals surface area contributed by atoms with Crippen molar-refractivity contribution in [3.05, 3.63) is 59.3 Å². The van der Waals surface area contributed by atoms with Crippen molar-refractivity contribution in [1.29, 1.82) is 0 Å². The molecule has 1 unspecified atom stereocenters. The standard InChI is InChI=1S/C13H10ClN3O/c14-10-3-1-2-8-4-11(18-13(8)10)12(15)9-5-16-7-17-6-9/h1-7,12H,15H2. The van der Waals surface area contributed by atoms with Gasteiger partial charge >= 0.3 is 0 Å². The van der Waals surface area contributed by atoms with E-state index >= 15 is 0 Å². The molecular formula is C13H10ClN3O. The summed E-state index contributed by atoms with van der Waals surface area (Å²) in [6.45, 7) is 0. The number of fused-ring (bicyclic) bond motifs is 1. The van der Waals surface area contributed by atoms with Gasteiger partial charge in [-0.1, -0.05) is 23.7 Å². The highest BCUT2D eigenvalue weighted by Crippen LogP contribution is 2.30. The first-order chi connectivity index (χ1) is 8.75. The highest BCUT2D eigenvalue weighted by molar-refractivity contribution is 6.34. The summed E-state index contributed by atoms with van der Waals surface area (Å²) < 4.78 is 5.70. The number of nitrogens with two attached hydrogens (primary N) is 1. The van der Waals surface area contributed by atoms with Gasteiger partial charge in [0.25, 0.3) is 0 Å². The Kier molecular flexibility index (Phi) is 2.74. The van der Waals surface area contributed by atoms with Crippen molar-refractivity contribution in [2.45, 2.75) is 6.04 Å². The quantitative estimate of drug-likeness (QED) is 0.768. The second kappa shape index (κ2) is 4.40. The molecule has 4 nitrogen and oxygen atoms in total. The molecule has 1 aromatic carbocycles. The van der Waals surface area contributed by atoms with Crippen LogP contribution < -0.4 is 5.73 Å². The Morgan fingerprint density at radius 3 is 2.72 bits per heavy atom. The van der Waals surface area contributed by atoms with E-state index in [9.17, 15) is 0 Å². The number of furan rings is 1. The van der Waals surface area contributed by atoms with E-state index in [0.717, 1.165) is 10.9 Å². The van der Waals surface area contributed by atoms with Gasteiger partial charge in [-0.2, -0.15) is 0 Å². The molecule has 1 atom stereocenters. The maximum Gasteiger partial charge on any atom is 0.152 e. The van der Waals surface area contributed by atoms with Gasteiger partial charge < -0.3 is 10.2 Å². The number of aromatic nitrogens is 2. The summed E-state index contributed by atoms with van der Waals surface area (Å²) in [5, 5.41) is 1.51. The molecule has 0 aliphatic heterocycles. The Labute approximate surface area is 108 Å². The monoisotopic (exact) mass is 259 g/mol. The molecule has 3 aromatic rings. The Morgan fingerprint density at radius 1 is 1.22 bits per heavy atom. The number of para-hydroxylation sites is 1. The van der Waals surface area contributed by atoms with Crippen LogP contribution in [0.4, 0.5) is 0 Å². The molecule has 0 aliphatic carbocycles. The molecule has 0 spiro atoms. The van der Waals surface area contributed by atoms with Crippen LogP contribution in [0.3, 0.4) is 0 Å². The van der Waals surface area contributed by atoms with E-state index in [1.165, 1.54) is 6.33 Å². The molecule has 90 valence electrons. The van der Waals surface area contributed by atoms with Crippen molar-refractivity contribution in [1.82, 2.24) is 9.97 Å². The molecule has 2 aromatic heterocycles. The van der Waals surface area contributed by atoms with Crippen molar-refractivity contribution in [2.75, 3.05) is 0 Å². The first-order valence-corrected chi connectivity index (χ1v) is 5.82. The largest absolute Gasteiger partial charge is 0.457 e. The van der Waals surface area contributed by atoms with Crippen molar-refractivity contribution in [3.63, 3.8) is 0 Å². The van der Waals surface area contributed by atoms with Gasteiger partial charge in [0.1, 0.15) is 12.1 Å². The predicted octanol–water partition coefficient (Wildman–Crippen LogP) is 2.92. The van der Waals surface area contributed by atoms with Crippen molar-refractivity contribution < 1.29 is 4.42 Å². The van der Waals surface area contributed by atoms with Crippen molar-refractivity contribution in [2.24, 2.45) is 5.73 Å². The molecular weight excluding hydrogens is 250 g/mol. The molecule has 0 aliphatic rings. The normalized spacial score (nSPS) is 12.8. The zero-order valence-corrected chi connectivity index (χ0v) is 10.1. The summed E-state index contributed by atoms with van der Waals surface area (Å²) in [5.74, 6) is 0.646. The third kappa shape index (κ3) is 1.85. The van der Waals surface area contributed by atoms with E-state index in [1.54, 1.807) is 18.5 Å². The van der Waals surface area contributed by atoms with E-state index in [1.807, 2.05) is 18.2 Å². The van der Waals surface area contributed by atoms with Gasteiger partial charge in [-0.25, -0.2) is 9.97 Å². The van der Waals surface area contributed by atoms with Gasteiger partial charge in [0, 0.05) is 23.3 Å². The Bertz CT molecular complexity index is 681. The van der Waals surface area contributed by atoms with E-state index in [2.05, 4.69) is 9.97 Å². The Balaban J connectivity index is 2.07. The van der Waals surface area contributed by atoms with Crippen LogP contribution in [-0.2, 0) is 0 Å². The molecule has 2 heterocycles. The molecule has 0 saturated heterocycles. The van der Waals surface area contributed by atoms with E-state index < -0.39 is 6.04 Å². The summed E-state index contributed by atoms with van der Waals surface area (Å²) in [6, 6.07) is 7.09. The lowest BCUT2D eigenvalue weighted by Gasteiger charge is -2.06. The third-order valence-electron chi connectivity index (χ3n) is 2.76.